The summed E-state index contributed by atoms with van der Waals surface area (Å²) in [7, 11) is -3.84. The van der Waals surface area contributed by atoms with Crippen LogP contribution in [0.4, 0.5) is 0 Å². The van der Waals surface area contributed by atoms with Crippen molar-refractivity contribution >= 4 is 22.0 Å². The molecular formula is C22H28N2O4S. The molecule has 0 saturated heterocycles. The van der Waals surface area contributed by atoms with Gasteiger partial charge in [0.2, 0.25) is 5.78 Å². The molecule has 1 N–H and O–H groups in total. The number of carbonyl (C=O) groups is 1. The molecule has 0 aliphatic heterocycles. The fourth-order valence-electron chi connectivity index (χ4n) is 2.66. The monoisotopic (exact) mass is 416 g/mol. The van der Waals surface area contributed by atoms with Crippen molar-refractivity contribution in [3.63, 3.8) is 0 Å². The number of carbonyl (C=O) groups excluding carboxylic acids is 1. The van der Waals surface area contributed by atoms with Gasteiger partial charge in [-0.25, -0.2) is 0 Å². The van der Waals surface area contributed by atoms with Crippen LogP contribution in [0.2, 0.25) is 0 Å². The molecule has 0 aliphatic carbocycles. The van der Waals surface area contributed by atoms with Crippen LogP contribution in [0.15, 0.2) is 52.5 Å². The molecule has 0 spiro atoms. The van der Waals surface area contributed by atoms with Crippen molar-refractivity contribution in [2.24, 2.45) is 5.10 Å². The van der Waals surface area contributed by atoms with Gasteiger partial charge in [-0.05, 0) is 55.7 Å². The second-order valence-corrected chi connectivity index (χ2v) is 8.53. The van der Waals surface area contributed by atoms with Gasteiger partial charge in [-0.15, -0.1) is 0 Å². The Morgan fingerprint density at radius 3 is 2.55 bits per heavy atom. The number of sulfonamides is 1. The van der Waals surface area contributed by atoms with Crippen molar-refractivity contribution in [3.8, 4) is 5.75 Å². The van der Waals surface area contributed by atoms with Gasteiger partial charge in [0.1, 0.15) is 5.75 Å². The number of nitrogens with zero attached hydrogens (tertiary/aromatic N) is 1. The lowest BCUT2D eigenvalue weighted by atomic mass is 10.1. The number of para-hydroxylation sites is 1. The summed E-state index contributed by atoms with van der Waals surface area (Å²) in [6.07, 6.45) is 5.24. The molecule has 6 nitrogen and oxygen atoms in total. The second kappa shape index (κ2) is 10.8. The molecule has 0 unspecified atom stereocenters. The Morgan fingerprint density at radius 1 is 1.07 bits per heavy atom. The summed E-state index contributed by atoms with van der Waals surface area (Å²) in [5.74, 6) is 0.0365. The van der Waals surface area contributed by atoms with E-state index in [2.05, 4.69) is 16.9 Å². The van der Waals surface area contributed by atoms with Crippen LogP contribution < -0.4 is 9.57 Å². The van der Waals surface area contributed by atoms with E-state index in [4.69, 9.17) is 4.74 Å². The van der Waals surface area contributed by atoms with E-state index < -0.39 is 15.8 Å². The molecule has 0 fully saturated rings. The van der Waals surface area contributed by atoms with Gasteiger partial charge in [0.25, 0.3) is 10.0 Å². The van der Waals surface area contributed by atoms with Crippen LogP contribution in [0, 0.1) is 13.8 Å². The van der Waals surface area contributed by atoms with Crippen LogP contribution in [0.5, 0.6) is 5.75 Å². The molecule has 2 aromatic carbocycles. The lowest BCUT2D eigenvalue weighted by Crippen LogP contribution is -2.19. The molecule has 7 heteroatoms. The van der Waals surface area contributed by atoms with Crippen LogP contribution >= 0.6 is 0 Å². The van der Waals surface area contributed by atoms with E-state index in [0.29, 0.717) is 17.9 Å². The van der Waals surface area contributed by atoms with E-state index in [-0.39, 0.29) is 4.90 Å². The first kappa shape index (κ1) is 22.6. The summed E-state index contributed by atoms with van der Waals surface area (Å²) in [5, 5.41) is 3.64. The summed E-state index contributed by atoms with van der Waals surface area (Å²) >= 11 is 0. The summed E-state index contributed by atoms with van der Waals surface area (Å²) in [6.45, 7) is 6.41. The summed E-state index contributed by atoms with van der Waals surface area (Å²) in [4.78, 5) is 14.6. The van der Waals surface area contributed by atoms with Crippen molar-refractivity contribution in [1.29, 1.82) is 0 Å². The highest BCUT2D eigenvalue weighted by molar-refractivity contribution is 7.89. The Kier molecular flexibility index (Phi) is 8.39. The Morgan fingerprint density at radius 2 is 1.83 bits per heavy atom. The average molecular weight is 417 g/mol. The summed E-state index contributed by atoms with van der Waals surface area (Å²) in [6, 6.07) is 11.7. The van der Waals surface area contributed by atoms with Crippen molar-refractivity contribution < 1.29 is 17.9 Å². The molecular weight excluding hydrogens is 388 g/mol. The minimum Gasteiger partial charge on any atom is -0.493 e. The Bertz CT molecular complexity index is 969. The molecule has 0 aromatic heterocycles. The van der Waals surface area contributed by atoms with Gasteiger partial charge in [0.15, 0.2) is 0 Å². The lowest BCUT2D eigenvalue weighted by molar-refractivity contribution is 0.106. The number of hydrogen-bond acceptors (Lipinski definition) is 5. The number of nitrogens with one attached hydrogen (secondary N) is 1. The van der Waals surface area contributed by atoms with E-state index in [9.17, 15) is 13.2 Å². The third-order valence-electron chi connectivity index (χ3n) is 4.55. The number of benzene rings is 2. The van der Waals surface area contributed by atoms with Gasteiger partial charge < -0.3 is 4.74 Å². The highest BCUT2D eigenvalue weighted by Crippen LogP contribution is 2.19. The van der Waals surface area contributed by atoms with Gasteiger partial charge in [0.05, 0.1) is 23.3 Å². The first-order chi connectivity index (χ1) is 13.8. The molecule has 0 atom stereocenters. The smallest absolute Gasteiger partial charge is 0.276 e. The third-order valence-corrected chi connectivity index (χ3v) is 5.77. The van der Waals surface area contributed by atoms with Crippen molar-refractivity contribution in [3.05, 3.63) is 59.2 Å². The van der Waals surface area contributed by atoms with Gasteiger partial charge >= 0.3 is 0 Å². The van der Waals surface area contributed by atoms with E-state index in [1.165, 1.54) is 6.07 Å². The van der Waals surface area contributed by atoms with Crippen molar-refractivity contribution in [1.82, 2.24) is 4.83 Å². The number of rotatable bonds is 11. The van der Waals surface area contributed by atoms with E-state index >= 15 is 0 Å². The quantitative estimate of drug-likeness (QED) is 0.254. The van der Waals surface area contributed by atoms with E-state index in [1.807, 2.05) is 13.8 Å². The Hall–Kier alpha value is -2.67. The van der Waals surface area contributed by atoms with Crippen LogP contribution in [-0.4, -0.2) is 27.0 Å². The van der Waals surface area contributed by atoms with Crippen LogP contribution in [-0.2, 0) is 10.0 Å². The fraction of sp³-hybridized carbons (Fsp3) is 0.364. The zero-order chi connectivity index (χ0) is 21.3. The minimum atomic E-state index is -3.84. The van der Waals surface area contributed by atoms with Gasteiger partial charge in [0, 0.05) is 0 Å². The predicted molar refractivity (Wildman–Crippen MR) is 115 cm³/mol. The maximum absolute atomic E-state index is 12.5. The van der Waals surface area contributed by atoms with Crippen molar-refractivity contribution in [2.75, 3.05) is 6.61 Å². The van der Waals surface area contributed by atoms with Crippen LogP contribution in [0.1, 0.15) is 54.1 Å². The van der Waals surface area contributed by atoms with Gasteiger partial charge in [-0.2, -0.15) is 18.4 Å². The molecule has 0 aliphatic rings. The first-order valence-corrected chi connectivity index (χ1v) is 11.2. The number of ketones is 1. The first-order valence-electron chi connectivity index (χ1n) is 9.73. The summed E-state index contributed by atoms with van der Waals surface area (Å²) < 4.78 is 30.4. The zero-order valence-electron chi connectivity index (χ0n) is 17.1. The highest BCUT2D eigenvalue weighted by Gasteiger charge is 2.14. The minimum absolute atomic E-state index is 0.0982. The van der Waals surface area contributed by atoms with E-state index in [0.717, 1.165) is 43.0 Å². The number of hydrogen-bond donors (Lipinski definition) is 1. The van der Waals surface area contributed by atoms with Crippen molar-refractivity contribution in [2.45, 2.75) is 51.3 Å². The zero-order valence-corrected chi connectivity index (χ0v) is 18.0. The van der Waals surface area contributed by atoms with Crippen LogP contribution in [0.25, 0.3) is 0 Å². The topological polar surface area (TPSA) is 84.8 Å². The van der Waals surface area contributed by atoms with E-state index in [1.54, 1.807) is 36.4 Å². The Balaban J connectivity index is 2.02. The largest absolute Gasteiger partial charge is 0.493 e. The maximum atomic E-state index is 12.5. The third kappa shape index (κ3) is 6.71. The summed E-state index contributed by atoms with van der Waals surface area (Å²) in [5.41, 5.74) is 2.20. The average Bonchev–Trinajstić information content (AvgIpc) is 2.70. The van der Waals surface area contributed by atoms with Gasteiger partial charge in [-0.1, -0.05) is 44.4 Å². The normalized spacial score (nSPS) is 11.6. The number of hydrazone groups is 1. The number of ether oxygens (including phenoxy) is 1. The molecule has 0 saturated carbocycles. The number of aryl methyl sites for hydroxylation is 2. The molecule has 0 amide bonds. The lowest BCUT2D eigenvalue weighted by Gasteiger charge is -2.09. The molecule has 0 heterocycles. The van der Waals surface area contributed by atoms with Gasteiger partial charge in [-0.3, -0.25) is 4.79 Å². The molecule has 0 radical (unpaired) electrons. The maximum Gasteiger partial charge on any atom is 0.276 e. The second-order valence-electron chi connectivity index (χ2n) is 6.87. The SMILES string of the molecule is CCCCCCOc1ccccc1C(=O)/C=N/NS(=O)(=O)c1ccc(C)c(C)c1. The predicted octanol–water partition coefficient (Wildman–Crippen LogP) is 4.41. The number of unbranched alkanes of at least 4 members (excludes halogenated alkanes) is 3. The molecule has 29 heavy (non-hydrogen) atoms. The molecule has 2 rings (SSSR count). The molecule has 2 aromatic rings. The Labute approximate surface area is 173 Å². The molecule has 0 bridgehead atoms. The number of Topliss-reactive ketones (excluding diaryl/α,β-unsaturated/α-hetero) is 1. The van der Waals surface area contributed by atoms with Crippen LogP contribution in [0.3, 0.4) is 0 Å². The molecule has 156 valence electrons. The standard InChI is InChI=1S/C22H28N2O4S/c1-4-5-6-9-14-28-22-11-8-7-10-20(22)21(25)16-23-24-29(26,27)19-13-12-17(2)18(3)15-19/h7-8,10-13,15-16,24H,4-6,9,14H2,1-3H3/b23-16+. The highest BCUT2D eigenvalue weighted by atomic mass is 32.2. The fourth-order valence-corrected chi connectivity index (χ4v) is 3.54.